The standard InChI is InChI=1S/C10H6F2N2O3/c1-4-2-5(7(12)3-6(4)11)9-13-8(10(15)16)14-17-9/h2-3H,1H3,(H,15,16). The average Bonchev–Trinajstić information content (AvgIpc) is 2.72. The molecule has 0 fully saturated rings. The summed E-state index contributed by atoms with van der Waals surface area (Å²) in [5, 5.41) is 11.7. The van der Waals surface area contributed by atoms with E-state index in [1.54, 1.807) is 0 Å². The Morgan fingerprint density at radius 2 is 2.06 bits per heavy atom. The van der Waals surface area contributed by atoms with E-state index in [4.69, 9.17) is 5.11 Å². The third-order valence-electron chi connectivity index (χ3n) is 2.10. The van der Waals surface area contributed by atoms with E-state index in [1.165, 1.54) is 13.0 Å². The van der Waals surface area contributed by atoms with Gasteiger partial charge < -0.3 is 9.63 Å². The molecule has 88 valence electrons. The van der Waals surface area contributed by atoms with Gasteiger partial charge in [0.1, 0.15) is 11.6 Å². The molecule has 0 aliphatic carbocycles. The van der Waals surface area contributed by atoms with E-state index in [9.17, 15) is 13.6 Å². The van der Waals surface area contributed by atoms with Gasteiger partial charge in [0.2, 0.25) is 0 Å². The lowest BCUT2D eigenvalue weighted by Gasteiger charge is -2.00. The van der Waals surface area contributed by atoms with Crippen LogP contribution in [0.25, 0.3) is 11.5 Å². The summed E-state index contributed by atoms with van der Waals surface area (Å²) in [6.07, 6.45) is 0. The molecular formula is C10H6F2N2O3. The van der Waals surface area contributed by atoms with Crippen LogP contribution in [-0.2, 0) is 0 Å². The van der Waals surface area contributed by atoms with Crippen LogP contribution in [0, 0.1) is 18.6 Å². The van der Waals surface area contributed by atoms with Crippen LogP contribution in [0.3, 0.4) is 0 Å². The number of carboxylic acid groups (broad SMARTS) is 1. The first kappa shape index (κ1) is 11.2. The molecule has 2 rings (SSSR count). The van der Waals surface area contributed by atoms with Crippen LogP contribution in [-0.4, -0.2) is 21.2 Å². The predicted octanol–water partition coefficient (Wildman–Crippen LogP) is 2.02. The molecule has 1 heterocycles. The Morgan fingerprint density at radius 1 is 1.35 bits per heavy atom. The summed E-state index contributed by atoms with van der Waals surface area (Å²) in [5.41, 5.74) is 0.0559. The van der Waals surface area contributed by atoms with Gasteiger partial charge in [-0.25, -0.2) is 13.6 Å². The van der Waals surface area contributed by atoms with Crippen molar-refractivity contribution >= 4 is 5.97 Å². The molecule has 0 saturated heterocycles. The number of nitrogens with zero attached hydrogens (tertiary/aromatic N) is 2. The molecule has 17 heavy (non-hydrogen) atoms. The van der Waals surface area contributed by atoms with E-state index < -0.39 is 23.4 Å². The number of carbonyl (C=O) groups is 1. The van der Waals surface area contributed by atoms with Crippen LogP contribution in [0.4, 0.5) is 8.78 Å². The molecule has 0 atom stereocenters. The van der Waals surface area contributed by atoms with Crippen molar-refractivity contribution < 1.29 is 23.2 Å². The third-order valence-corrected chi connectivity index (χ3v) is 2.10. The fourth-order valence-electron chi connectivity index (χ4n) is 1.24. The van der Waals surface area contributed by atoms with Gasteiger partial charge in [-0.05, 0) is 23.7 Å². The molecule has 1 aromatic carbocycles. The van der Waals surface area contributed by atoms with Crippen LogP contribution in [0.2, 0.25) is 0 Å². The summed E-state index contributed by atoms with van der Waals surface area (Å²) in [6, 6.07) is 1.85. The second-order valence-electron chi connectivity index (χ2n) is 3.31. The van der Waals surface area contributed by atoms with Gasteiger partial charge in [0.25, 0.3) is 11.7 Å². The molecular weight excluding hydrogens is 234 g/mol. The van der Waals surface area contributed by atoms with E-state index in [1.807, 2.05) is 0 Å². The zero-order chi connectivity index (χ0) is 12.6. The first-order chi connectivity index (χ1) is 7.99. The zero-order valence-corrected chi connectivity index (χ0v) is 8.57. The lowest BCUT2D eigenvalue weighted by atomic mass is 10.1. The summed E-state index contributed by atoms with van der Waals surface area (Å²) in [4.78, 5) is 14.0. The highest BCUT2D eigenvalue weighted by Crippen LogP contribution is 2.23. The van der Waals surface area contributed by atoms with Gasteiger partial charge >= 0.3 is 5.97 Å². The molecule has 0 aliphatic heterocycles. The Hall–Kier alpha value is -2.31. The molecule has 1 aromatic heterocycles. The van der Waals surface area contributed by atoms with Crippen LogP contribution in [0.1, 0.15) is 16.2 Å². The first-order valence-electron chi connectivity index (χ1n) is 4.52. The van der Waals surface area contributed by atoms with Gasteiger partial charge in [-0.15, -0.1) is 0 Å². The number of hydrogen-bond donors (Lipinski definition) is 1. The lowest BCUT2D eigenvalue weighted by molar-refractivity contribution is 0.0680. The average molecular weight is 240 g/mol. The van der Waals surface area contributed by atoms with Gasteiger partial charge in [0.05, 0.1) is 5.56 Å². The van der Waals surface area contributed by atoms with Crippen molar-refractivity contribution in [2.45, 2.75) is 6.92 Å². The topological polar surface area (TPSA) is 76.2 Å². The van der Waals surface area contributed by atoms with Crippen LogP contribution in [0.5, 0.6) is 0 Å². The van der Waals surface area contributed by atoms with Gasteiger partial charge in [-0.2, -0.15) is 4.98 Å². The fourth-order valence-corrected chi connectivity index (χ4v) is 1.24. The number of rotatable bonds is 2. The minimum absolute atomic E-state index is 0.135. The predicted molar refractivity (Wildman–Crippen MR) is 51.3 cm³/mol. The van der Waals surface area contributed by atoms with E-state index in [0.717, 1.165) is 0 Å². The molecule has 0 spiro atoms. The highest BCUT2D eigenvalue weighted by atomic mass is 19.1. The highest BCUT2D eigenvalue weighted by Gasteiger charge is 2.18. The number of aryl methyl sites for hydroxylation is 1. The number of halogens is 2. The maximum absolute atomic E-state index is 13.4. The largest absolute Gasteiger partial charge is 0.475 e. The molecule has 5 nitrogen and oxygen atoms in total. The number of aromatic nitrogens is 2. The van der Waals surface area contributed by atoms with Crippen LogP contribution in [0.15, 0.2) is 16.7 Å². The summed E-state index contributed by atoms with van der Waals surface area (Å²) >= 11 is 0. The second-order valence-corrected chi connectivity index (χ2v) is 3.31. The molecule has 1 N–H and O–H groups in total. The van der Waals surface area contributed by atoms with Crippen molar-refractivity contribution in [1.29, 1.82) is 0 Å². The fraction of sp³-hybridized carbons (Fsp3) is 0.100. The first-order valence-corrected chi connectivity index (χ1v) is 4.52. The quantitative estimate of drug-likeness (QED) is 0.868. The van der Waals surface area contributed by atoms with E-state index in [2.05, 4.69) is 14.7 Å². The molecule has 0 saturated carbocycles. The van der Waals surface area contributed by atoms with Gasteiger partial charge in [0, 0.05) is 6.07 Å². The van der Waals surface area contributed by atoms with E-state index in [0.29, 0.717) is 6.07 Å². The second kappa shape index (κ2) is 3.93. The lowest BCUT2D eigenvalue weighted by Crippen LogP contribution is -1.98. The Balaban J connectivity index is 2.52. The molecule has 0 radical (unpaired) electrons. The molecule has 0 unspecified atom stereocenters. The van der Waals surface area contributed by atoms with Crippen molar-refractivity contribution in [2.75, 3.05) is 0 Å². The summed E-state index contributed by atoms with van der Waals surface area (Å²) in [5.74, 6) is -3.87. The smallest absolute Gasteiger partial charge is 0.377 e. The number of hydrogen-bond acceptors (Lipinski definition) is 4. The monoisotopic (exact) mass is 240 g/mol. The number of carboxylic acids is 1. The number of aromatic carboxylic acids is 1. The summed E-state index contributed by atoms with van der Waals surface area (Å²) in [7, 11) is 0. The number of benzene rings is 1. The molecule has 0 amide bonds. The maximum Gasteiger partial charge on any atom is 0.377 e. The molecule has 7 heteroatoms. The van der Waals surface area contributed by atoms with Gasteiger partial charge in [-0.3, -0.25) is 0 Å². The Labute approximate surface area is 93.7 Å². The third kappa shape index (κ3) is 1.99. The van der Waals surface area contributed by atoms with Crippen LogP contribution < -0.4 is 0 Å². The molecule has 2 aromatic rings. The van der Waals surface area contributed by atoms with Crippen molar-refractivity contribution in [3.63, 3.8) is 0 Å². The van der Waals surface area contributed by atoms with Crippen molar-refractivity contribution in [1.82, 2.24) is 10.1 Å². The van der Waals surface area contributed by atoms with E-state index >= 15 is 0 Å². The highest BCUT2D eigenvalue weighted by molar-refractivity contribution is 5.83. The Bertz CT molecular complexity index is 595. The van der Waals surface area contributed by atoms with Gasteiger partial charge in [-0.1, -0.05) is 0 Å². The minimum atomic E-state index is -1.39. The van der Waals surface area contributed by atoms with Crippen molar-refractivity contribution in [3.05, 3.63) is 35.2 Å². The normalized spacial score (nSPS) is 10.5. The minimum Gasteiger partial charge on any atom is -0.475 e. The Morgan fingerprint density at radius 3 is 2.65 bits per heavy atom. The SMILES string of the molecule is Cc1cc(-c2nc(C(=O)O)no2)c(F)cc1F. The van der Waals surface area contributed by atoms with Crippen molar-refractivity contribution in [3.8, 4) is 11.5 Å². The maximum atomic E-state index is 13.4. The molecule has 0 bridgehead atoms. The zero-order valence-electron chi connectivity index (χ0n) is 8.57. The van der Waals surface area contributed by atoms with Crippen molar-refractivity contribution in [2.24, 2.45) is 0 Å². The summed E-state index contributed by atoms with van der Waals surface area (Å²) in [6.45, 7) is 1.44. The van der Waals surface area contributed by atoms with Gasteiger partial charge in [0.15, 0.2) is 0 Å². The Kier molecular flexibility index (Phi) is 2.58. The molecule has 0 aliphatic rings. The summed E-state index contributed by atoms with van der Waals surface area (Å²) < 4.78 is 31.0. The van der Waals surface area contributed by atoms with Crippen LogP contribution >= 0.6 is 0 Å². The van der Waals surface area contributed by atoms with E-state index in [-0.39, 0.29) is 17.0 Å².